The zero-order chi connectivity index (χ0) is 18.4. The number of rotatable bonds is 6. The summed E-state index contributed by atoms with van der Waals surface area (Å²) in [5, 5.41) is 13.3. The van der Waals surface area contributed by atoms with Gasteiger partial charge in [-0.2, -0.15) is 4.98 Å². The molecule has 3 rings (SSSR count). The molecule has 0 fully saturated rings. The fraction of sp³-hybridized carbons (Fsp3) is 0.278. The van der Waals surface area contributed by atoms with Gasteiger partial charge in [-0.05, 0) is 30.5 Å². The number of nitrogens with one attached hydrogen (secondary N) is 2. The molecule has 0 saturated heterocycles. The Kier molecular flexibility index (Phi) is 8.52. The molecule has 0 spiro atoms. The van der Waals surface area contributed by atoms with Crippen LogP contribution in [0, 0.1) is 0 Å². The van der Waals surface area contributed by atoms with E-state index in [-0.39, 0.29) is 30.0 Å². The van der Waals surface area contributed by atoms with Gasteiger partial charge < -0.3 is 15.2 Å². The Morgan fingerprint density at radius 2 is 2.19 bits per heavy atom. The quantitative estimate of drug-likeness (QED) is 0.285. The summed E-state index contributed by atoms with van der Waals surface area (Å²) in [4.78, 5) is 9.92. The standard InChI is InChI=1S/C18H20ClN5OS.HI/c1-12(15-7-4-10-26-15)22-18(20-2)21-9-8-16-23-17(24-25-16)13-5-3-6-14(19)11-13;/h3-7,10-12H,8-9H2,1-2H3,(H2,20,21,22);1H. The second kappa shape index (κ2) is 10.6. The van der Waals surface area contributed by atoms with Crippen molar-refractivity contribution >= 4 is 52.9 Å². The van der Waals surface area contributed by atoms with Crippen LogP contribution >= 0.6 is 46.9 Å². The van der Waals surface area contributed by atoms with E-state index in [0.717, 1.165) is 11.5 Å². The molecule has 0 bridgehead atoms. The van der Waals surface area contributed by atoms with Crippen molar-refractivity contribution in [2.45, 2.75) is 19.4 Å². The zero-order valence-corrected chi connectivity index (χ0v) is 18.9. The summed E-state index contributed by atoms with van der Waals surface area (Å²) in [5.74, 6) is 1.84. The molecule has 3 aromatic rings. The molecule has 2 N–H and O–H groups in total. The second-order valence-electron chi connectivity index (χ2n) is 5.65. The first-order chi connectivity index (χ1) is 12.7. The predicted octanol–water partition coefficient (Wildman–Crippen LogP) is 4.54. The molecule has 0 radical (unpaired) electrons. The van der Waals surface area contributed by atoms with Gasteiger partial charge >= 0.3 is 0 Å². The van der Waals surface area contributed by atoms with Gasteiger partial charge in [-0.3, -0.25) is 4.99 Å². The minimum absolute atomic E-state index is 0. The van der Waals surface area contributed by atoms with Crippen molar-refractivity contribution in [2.24, 2.45) is 4.99 Å². The highest BCUT2D eigenvalue weighted by Gasteiger charge is 2.11. The minimum Gasteiger partial charge on any atom is -0.356 e. The van der Waals surface area contributed by atoms with Gasteiger partial charge in [0, 0.05) is 35.5 Å². The van der Waals surface area contributed by atoms with Crippen molar-refractivity contribution in [3.63, 3.8) is 0 Å². The van der Waals surface area contributed by atoms with Crippen molar-refractivity contribution in [2.75, 3.05) is 13.6 Å². The van der Waals surface area contributed by atoms with Crippen LogP contribution in [0.15, 0.2) is 51.3 Å². The third kappa shape index (κ3) is 6.18. The molecule has 1 unspecified atom stereocenters. The van der Waals surface area contributed by atoms with Crippen LogP contribution in [0.25, 0.3) is 11.4 Å². The molecule has 2 heterocycles. The summed E-state index contributed by atoms with van der Waals surface area (Å²) in [7, 11) is 1.75. The van der Waals surface area contributed by atoms with Crippen LogP contribution in [0.1, 0.15) is 23.7 Å². The van der Waals surface area contributed by atoms with Crippen molar-refractivity contribution < 1.29 is 4.52 Å². The van der Waals surface area contributed by atoms with Crippen molar-refractivity contribution in [1.29, 1.82) is 0 Å². The number of thiophene rings is 1. The molecule has 0 aliphatic carbocycles. The van der Waals surface area contributed by atoms with Gasteiger partial charge in [0.1, 0.15) is 0 Å². The number of aromatic nitrogens is 2. The van der Waals surface area contributed by atoms with E-state index in [9.17, 15) is 0 Å². The van der Waals surface area contributed by atoms with E-state index in [1.807, 2.05) is 30.3 Å². The number of hydrogen-bond acceptors (Lipinski definition) is 5. The number of nitrogens with zero attached hydrogens (tertiary/aromatic N) is 3. The maximum absolute atomic E-state index is 6.00. The van der Waals surface area contributed by atoms with E-state index < -0.39 is 0 Å². The molecule has 1 aromatic carbocycles. The average Bonchev–Trinajstić information content (AvgIpc) is 3.33. The molecular weight excluding hydrogens is 497 g/mol. The summed E-state index contributed by atoms with van der Waals surface area (Å²) in [6.07, 6.45) is 0.599. The molecule has 2 aromatic heterocycles. The molecule has 9 heteroatoms. The van der Waals surface area contributed by atoms with Crippen LogP contribution < -0.4 is 10.6 Å². The third-order valence-electron chi connectivity index (χ3n) is 3.73. The fourth-order valence-corrected chi connectivity index (χ4v) is 3.32. The largest absolute Gasteiger partial charge is 0.356 e. The van der Waals surface area contributed by atoms with Crippen molar-refractivity contribution in [3.05, 3.63) is 57.6 Å². The SMILES string of the molecule is CN=C(NCCc1nc(-c2cccc(Cl)c2)no1)NC(C)c1cccs1.I. The number of hydrogen-bond donors (Lipinski definition) is 2. The summed E-state index contributed by atoms with van der Waals surface area (Å²) < 4.78 is 5.31. The van der Waals surface area contributed by atoms with Gasteiger partial charge in [0.15, 0.2) is 5.96 Å². The summed E-state index contributed by atoms with van der Waals surface area (Å²) >= 11 is 7.72. The number of aliphatic imine (C=N–C) groups is 1. The Morgan fingerprint density at radius 3 is 2.89 bits per heavy atom. The van der Waals surface area contributed by atoms with Crippen LogP contribution in [0.4, 0.5) is 0 Å². The lowest BCUT2D eigenvalue weighted by Gasteiger charge is -2.16. The van der Waals surface area contributed by atoms with E-state index >= 15 is 0 Å². The lowest BCUT2D eigenvalue weighted by molar-refractivity contribution is 0.378. The van der Waals surface area contributed by atoms with Crippen LogP contribution in [0.3, 0.4) is 0 Å². The Morgan fingerprint density at radius 1 is 1.33 bits per heavy atom. The first-order valence-corrected chi connectivity index (χ1v) is 9.50. The highest BCUT2D eigenvalue weighted by atomic mass is 127. The smallest absolute Gasteiger partial charge is 0.228 e. The zero-order valence-electron chi connectivity index (χ0n) is 15.0. The van der Waals surface area contributed by atoms with Crippen molar-refractivity contribution in [1.82, 2.24) is 20.8 Å². The van der Waals surface area contributed by atoms with Gasteiger partial charge in [0.05, 0.1) is 6.04 Å². The Labute approximate surface area is 184 Å². The first-order valence-electron chi connectivity index (χ1n) is 8.25. The Balaban J connectivity index is 0.00000261. The van der Waals surface area contributed by atoms with Gasteiger partial charge in [-0.25, -0.2) is 0 Å². The number of benzene rings is 1. The lowest BCUT2D eigenvalue weighted by atomic mass is 10.2. The third-order valence-corrected chi connectivity index (χ3v) is 5.02. The molecule has 27 heavy (non-hydrogen) atoms. The van der Waals surface area contributed by atoms with E-state index in [4.69, 9.17) is 16.1 Å². The van der Waals surface area contributed by atoms with E-state index in [2.05, 4.69) is 44.1 Å². The fourth-order valence-electron chi connectivity index (χ4n) is 2.40. The Hall–Kier alpha value is -1.65. The average molecular weight is 518 g/mol. The van der Waals surface area contributed by atoms with Crippen LogP contribution in [-0.4, -0.2) is 29.7 Å². The molecule has 144 valence electrons. The maximum Gasteiger partial charge on any atom is 0.228 e. The van der Waals surface area contributed by atoms with Crippen LogP contribution in [0.5, 0.6) is 0 Å². The highest BCUT2D eigenvalue weighted by molar-refractivity contribution is 14.0. The van der Waals surface area contributed by atoms with Crippen LogP contribution in [-0.2, 0) is 6.42 Å². The molecule has 0 aliphatic heterocycles. The van der Waals surface area contributed by atoms with Gasteiger partial charge in [-0.1, -0.05) is 35.0 Å². The van der Waals surface area contributed by atoms with Crippen LogP contribution in [0.2, 0.25) is 5.02 Å². The first kappa shape index (κ1) is 21.6. The molecule has 6 nitrogen and oxygen atoms in total. The van der Waals surface area contributed by atoms with E-state index in [1.165, 1.54) is 4.88 Å². The molecular formula is C18H21ClIN5OS. The van der Waals surface area contributed by atoms with Crippen molar-refractivity contribution in [3.8, 4) is 11.4 Å². The normalized spacial score (nSPS) is 12.3. The monoisotopic (exact) mass is 517 g/mol. The number of halogens is 2. The Bertz CT molecular complexity index is 868. The molecule has 0 amide bonds. The highest BCUT2D eigenvalue weighted by Crippen LogP contribution is 2.20. The summed E-state index contributed by atoms with van der Waals surface area (Å²) in [6.45, 7) is 2.74. The van der Waals surface area contributed by atoms with Gasteiger partial charge in [-0.15, -0.1) is 35.3 Å². The van der Waals surface area contributed by atoms with Gasteiger partial charge in [0.2, 0.25) is 11.7 Å². The maximum atomic E-state index is 6.00. The predicted molar refractivity (Wildman–Crippen MR) is 121 cm³/mol. The van der Waals surface area contributed by atoms with Gasteiger partial charge in [0.25, 0.3) is 0 Å². The molecule has 0 aliphatic rings. The van der Waals surface area contributed by atoms with E-state index in [0.29, 0.717) is 29.7 Å². The second-order valence-corrected chi connectivity index (χ2v) is 7.07. The lowest BCUT2D eigenvalue weighted by Crippen LogP contribution is -2.39. The summed E-state index contributed by atoms with van der Waals surface area (Å²) in [6, 6.07) is 11.7. The number of guanidine groups is 1. The topological polar surface area (TPSA) is 75.3 Å². The summed E-state index contributed by atoms with van der Waals surface area (Å²) in [5.41, 5.74) is 0.836. The minimum atomic E-state index is 0. The molecule has 0 saturated carbocycles. The molecule has 1 atom stereocenters. The van der Waals surface area contributed by atoms with E-state index in [1.54, 1.807) is 18.4 Å².